The Bertz CT molecular complexity index is 599. The first kappa shape index (κ1) is 17.7. The summed E-state index contributed by atoms with van der Waals surface area (Å²) in [5.41, 5.74) is 1.21. The number of hydrogen-bond donors (Lipinski definition) is 0. The lowest BCUT2D eigenvalue weighted by Crippen LogP contribution is -2.41. The first-order valence-corrected chi connectivity index (χ1v) is 10.4. The van der Waals surface area contributed by atoms with Gasteiger partial charge in [-0.05, 0) is 45.1 Å². The molecule has 3 aliphatic rings. The number of likely N-dealkylation sites (tertiary alicyclic amines) is 2. The third-order valence-electron chi connectivity index (χ3n) is 6.12. The molecule has 6 heteroatoms. The number of amides is 1. The van der Waals surface area contributed by atoms with E-state index in [0.29, 0.717) is 11.9 Å². The molecule has 26 heavy (non-hydrogen) atoms. The predicted molar refractivity (Wildman–Crippen MR) is 102 cm³/mol. The number of aromatic nitrogens is 2. The van der Waals surface area contributed by atoms with E-state index in [4.69, 9.17) is 0 Å². The molecule has 0 N–H and O–H groups in total. The van der Waals surface area contributed by atoms with Gasteiger partial charge in [0.05, 0.1) is 0 Å². The molecule has 6 nitrogen and oxygen atoms in total. The van der Waals surface area contributed by atoms with E-state index in [0.717, 1.165) is 64.5 Å². The standard InChI is InChI=1S/C20H31N5O/c26-19-7-5-12-23(19)13-8-18-6-1-2-11-25(18)16-17-14-21-20(22-15-17)24-9-3-4-10-24/h14-15,18H,1-13,16H2/t18-/m0/s1. The van der Waals surface area contributed by atoms with Crippen LogP contribution in [-0.4, -0.2) is 64.4 Å². The Hall–Kier alpha value is -1.69. The Labute approximate surface area is 156 Å². The lowest BCUT2D eigenvalue weighted by molar-refractivity contribution is -0.127. The lowest BCUT2D eigenvalue weighted by Gasteiger charge is -2.36. The van der Waals surface area contributed by atoms with Gasteiger partial charge in [-0.25, -0.2) is 9.97 Å². The molecule has 1 aromatic heterocycles. The molecule has 1 aromatic rings. The Morgan fingerprint density at radius 3 is 2.46 bits per heavy atom. The molecule has 0 spiro atoms. The average Bonchev–Trinajstić information content (AvgIpc) is 3.34. The SMILES string of the molecule is O=C1CCCN1CC[C@@H]1CCCCN1Cc1cnc(N2CCCC2)nc1. The molecular weight excluding hydrogens is 326 g/mol. The normalized spacial score (nSPS) is 24.6. The van der Waals surface area contributed by atoms with Crippen molar-refractivity contribution >= 4 is 11.9 Å². The van der Waals surface area contributed by atoms with E-state index in [1.165, 1.54) is 37.7 Å². The largest absolute Gasteiger partial charge is 0.343 e. The summed E-state index contributed by atoms with van der Waals surface area (Å²) in [6.07, 6.45) is 13.2. The van der Waals surface area contributed by atoms with Crippen molar-refractivity contribution in [3.63, 3.8) is 0 Å². The third-order valence-corrected chi connectivity index (χ3v) is 6.12. The minimum absolute atomic E-state index is 0.346. The number of hydrogen-bond acceptors (Lipinski definition) is 5. The van der Waals surface area contributed by atoms with Crippen molar-refractivity contribution in [2.24, 2.45) is 0 Å². The first-order valence-electron chi connectivity index (χ1n) is 10.4. The van der Waals surface area contributed by atoms with E-state index in [1.807, 2.05) is 12.4 Å². The Morgan fingerprint density at radius 2 is 1.73 bits per heavy atom. The second-order valence-electron chi connectivity index (χ2n) is 7.98. The highest BCUT2D eigenvalue weighted by atomic mass is 16.2. The van der Waals surface area contributed by atoms with Crippen molar-refractivity contribution in [1.29, 1.82) is 0 Å². The van der Waals surface area contributed by atoms with Gasteiger partial charge in [0, 0.05) is 63.1 Å². The highest BCUT2D eigenvalue weighted by Gasteiger charge is 2.26. The molecule has 0 bridgehead atoms. The summed E-state index contributed by atoms with van der Waals surface area (Å²) in [5, 5.41) is 0. The minimum atomic E-state index is 0.346. The van der Waals surface area contributed by atoms with Crippen molar-refractivity contribution in [3.05, 3.63) is 18.0 Å². The van der Waals surface area contributed by atoms with Crippen LogP contribution in [0.3, 0.4) is 0 Å². The fourth-order valence-electron chi connectivity index (χ4n) is 4.58. The fraction of sp³-hybridized carbons (Fsp3) is 0.750. The maximum atomic E-state index is 11.9. The van der Waals surface area contributed by atoms with Crippen LogP contribution in [0.15, 0.2) is 12.4 Å². The maximum absolute atomic E-state index is 11.9. The molecule has 0 saturated carbocycles. The van der Waals surface area contributed by atoms with E-state index in [9.17, 15) is 4.79 Å². The van der Waals surface area contributed by atoms with Gasteiger partial charge in [-0.2, -0.15) is 0 Å². The van der Waals surface area contributed by atoms with Crippen LogP contribution in [0.5, 0.6) is 0 Å². The van der Waals surface area contributed by atoms with Crippen LogP contribution in [0.1, 0.15) is 56.9 Å². The smallest absolute Gasteiger partial charge is 0.225 e. The van der Waals surface area contributed by atoms with Gasteiger partial charge in [-0.1, -0.05) is 6.42 Å². The van der Waals surface area contributed by atoms with Gasteiger partial charge >= 0.3 is 0 Å². The fourth-order valence-corrected chi connectivity index (χ4v) is 4.58. The van der Waals surface area contributed by atoms with E-state index in [2.05, 4.69) is 24.7 Å². The Balaban J connectivity index is 1.33. The summed E-state index contributed by atoms with van der Waals surface area (Å²) < 4.78 is 0. The summed E-state index contributed by atoms with van der Waals surface area (Å²) >= 11 is 0. The number of piperidine rings is 1. The second kappa shape index (κ2) is 8.33. The maximum Gasteiger partial charge on any atom is 0.225 e. The van der Waals surface area contributed by atoms with Crippen molar-refractivity contribution < 1.29 is 4.79 Å². The van der Waals surface area contributed by atoms with Gasteiger partial charge in [0.2, 0.25) is 11.9 Å². The number of nitrogens with zero attached hydrogens (tertiary/aromatic N) is 5. The molecule has 4 heterocycles. The van der Waals surface area contributed by atoms with Gasteiger partial charge in [0.25, 0.3) is 0 Å². The summed E-state index contributed by atoms with van der Waals surface area (Å²) in [4.78, 5) is 28.0. The second-order valence-corrected chi connectivity index (χ2v) is 7.98. The molecule has 0 radical (unpaired) electrons. The van der Waals surface area contributed by atoms with Crippen LogP contribution in [0.25, 0.3) is 0 Å². The zero-order chi connectivity index (χ0) is 17.8. The summed E-state index contributed by atoms with van der Waals surface area (Å²) in [6.45, 7) is 6.12. The monoisotopic (exact) mass is 357 g/mol. The molecule has 4 rings (SSSR count). The third kappa shape index (κ3) is 4.17. The van der Waals surface area contributed by atoms with Crippen molar-refractivity contribution in [2.75, 3.05) is 37.6 Å². The van der Waals surface area contributed by atoms with Crippen LogP contribution in [0.4, 0.5) is 5.95 Å². The summed E-state index contributed by atoms with van der Waals surface area (Å²) in [6, 6.07) is 0.579. The number of anilines is 1. The van der Waals surface area contributed by atoms with Crippen molar-refractivity contribution in [1.82, 2.24) is 19.8 Å². The van der Waals surface area contributed by atoms with Gasteiger partial charge in [-0.15, -0.1) is 0 Å². The van der Waals surface area contributed by atoms with Gasteiger partial charge in [0.1, 0.15) is 0 Å². The van der Waals surface area contributed by atoms with Gasteiger partial charge < -0.3 is 9.80 Å². The number of rotatable bonds is 6. The van der Waals surface area contributed by atoms with Crippen LogP contribution in [0.2, 0.25) is 0 Å². The predicted octanol–water partition coefficient (Wildman–Crippen LogP) is 2.44. The lowest BCUT2D eigenvalue weighted by atomic mass is 9.98. The highest BCUT2D eigenvalue weighted by Crippen LogP contribution is 2.23. The molecule has 1 amide bonds. The Kier molecular flexibility index (Phi) is 5.68. The van der Waals surface area contributed by atoms with Crippen molar-refractivity contribution in [2.45, 2.75) is 64.0 Å². The molecule has 0 aromatic carbocycles. The molecule has 0 aliphatic carbocycles. The molecular formula is C20H31N5O. The molecule has 3 aliphatic heterocycles. The molecule has 3 fully saturated rings. The summed E-state index contributed by atoms with van der Waals surface area (Å²) in [5.74, 6) is 1.23. The van der Waals surface area contributed by atoms with Crippen molar-refractivity contribution in [3.8, 4) is 0 Å². The van der Waals surface area contributed by atoms with E-state index in [-0.39, 0.29) is 0 Å². The minimum Gasteiger partial charge on any atom is -0.343 e. The van der Waals surface area contributed by atoms with Crippen LogP contribution in [-0.2, 0) is 11.3 Å². The zero-order valence-corrected chi connectivity index (χ0v) is 15.8. The number of carbonyl (C=O) groups excluding carboxylic acids is 1. The van der Waals surface area contributed by atoms with Gasteiger partial charge in [0.15, 0.2) is 0 Å². The van der Waals surface area contributed by atoms with E-state index < -0.39 is 0 Å². The van der Waals surface area contributed by atoms with E-state index in [1.54, 1.807) is 0 Å². The first-order chi connectivity index (χ1) is 12.8. The molecule has 142 valence electrons. The van der Waals surface area contributed by atoms with E-state index >= 15 is 0 Å². The molecule has 1 atom stereocenters. The van der Waals surface area contributed by atoms with Crippen LogP contribution in [0, 0.1) is 0 Å². The average molecular weight is 358 g/mol. The summed E-state index contributed by atoms with van der Waals surface area (Å²) in [7, 11) is 0. The highest BCUT2D eigenvalue weighted by molar-refractivity contribution is 5.78. The topological polar surface area (TPSA) is 52.6 Å². The molecule has 0 unspecified atom stereocenters. The quantitative estimate of drug-likeness (QED) is 0.783. The zero-order valence-electron chi connectivity index (χ0n) is 15.8. The molecule has 3 saturated heterocycles. The van der Waals surface area contributed by atoms with Gasteiger partial charge in [-0.3, -0.25) is 9.69 Å². The number of carbonyl (C=O) groups is 1. The van der Waals surface area contributed by atoms with Crippen LogP contribution < -0.4 is 4.90 Å². The van der Waals surface area contributed by atoms with Crippen LogP contribution >= 0.6 is 0 Å². The Morgan fingerprint density at radius 1 is 0.962 bits per heavy atom.